The first-order valence-electron chi connectivity index (χ1n) is 8.64. The minimum Gasteiger partial charge on any atom is -0.480 e. The molecule has 3 unspecified atom stereocenters. The van der Waals surface area contributed by atoms with Gasteiger partial charge in [0.25, 0.3) is 0 Å². The van der Waals surface area contributed by atoms with Gasteiger partial charge in [0.1, 0.15) is 12.1 Å². The lowest BCUT2D eigenvalue weighted by atomic mass is 10.1. The number of likely N-dealkylation sites (tertiary alicyclic amines) is 1. The van der Waals surface area contributed by atoms with E-state index in [0.29, 0.717) is 18.5 Å². The molecule has 148 valence electrons. The summed E-state index contributed by atoms with van der Waals surface area (Å²) in [4.78, 5) is 55.5. The molecule has 0 spiro atoms. The second-order valence-electron chi connectivity index (χ2n) is 6.48. The monoisotopic (exact) mass is 380 g/mol. The molecule has 1 aromatic heterocycles. The van der Waals surface area contributed by atoms with E-state index in [-0.39, 0.29) is 25.8 Å². The third kappa shape index (κ3) is 5.51. The lowest BCUT2D eigenvalue weighted by Crippen LogP contribution is -2.55. The Morgan fingerprint density at radius 3 is 2.74 bits per heavy atom. The molecule has 0 bridgehead atoms. The maximum Gasteiger partial charge on any atom is 0.326 e. The summed E-state index contributed by atoms with van der Waals surface area (Å²) in [6, 6.07) is -2.95. The number of rotatable bonds is 9. The number of hydrogen-bond donors (Lipinski definition) is 5. The van der Waals surface area contributed by atoms with Gasteiger partial charge in [-0.05, 0) is 19.3 Å². The van der Waals surface area contributed by atoms with Crippen LogP contribution in [0.15, 0.2) is 12.5 Å². The summed E-state index contributed by atoms with van der Waals surface area (Å²) in [5.41, 5.74) is 11.7. The predicted molar refractivity (Wildman–Crippen MR) is 93.0 cm³/mol. The molecule has 2 heterocycles. The molecular weight excluding hydrogens is 356 g/mol. The highest BCUT2D eigenvalue weighted by molar-refractivity contribution is 5.92. The quantitative estimate of drug-likeness (QED) is 0.331. The third-order valence-corrected chi connectivity index (χ3v) is 4.45. The number of amides is 3. The highest BCUT2D eigenvalue weighted by Gasteiger charge is 2.38. The van der Waals surface area contributed by atoms with Crippen molar-refractivity contribution in [3.05, 3.63) is 18.2 Å². The lowest BCUT2D eigenvalue weighted by Gasteiger charge is -2.28. The average molecular weight is 380 g/mol. The third-order valence-electron chi connectivity index (χ3n) is 4.45. The van der Waals surface area contributed by atoms with Crippen LogP contribution in [0.1, 0.15) is 31.4 Å². The van der Waals surface area contributed by atoms with Gasteiger partial charge in [-0.15, -0.1) is 0 Å². The van der Waals surface area contributed by atoms with Crippen LogP contribution in [0, 0.1) is 0 Å². The predicted octanol–water partition coefficient (Wildman–Crippen LogP) is -1.89. The largest absolute Gasteiger partial charge is 0.480 e. The van der Waals surface area contributed by atoms with Gasteiger partial charge in [0.05, 0.1) is 12.4 Å². The first-order chi connectivity index (χ1) is 12.8. The molecule has 3 amide bonds. The number of nitrogens with zero attached hydrogens (tertiary/aromatic N) is 2. The highest BCUT2D eigenvalue weighted by Crippen LogP contribution is 2.19. The van der Waals surface area contributed by atoms with Crippen molar-refractivity contribution in [2.24, 2.45) is 11.5 Å². The van der Waals surface area contributed by atoms with E-state index < -0.39 is 41.8 Å². The van der Waals surface area contributed by atoms with Crippen molar-refractivity contribution in [2.75, 3.05) is 6.54 Å². The molecule has 11 heteroatoms. The summed E-state index contributed by atoms with van der Waals surface area (Å²) in [5.74, 6) is -2.86. The SMILES string of the molecule is NC(=O)CCC(NC(=O)C(N)Cc1cnc[nH]1)C(=O)N1CCCC1C(=O)O. The van der Waals surface area contributed by atoms with Crippen molar-refractivity contribution < 1.29 is 24.3 Å². The normalized spacial score (nSPS) is 18.7. The van der Waals surface area contributed by atoms with E-state index in [1.165, 1.54) is 17.4 Å². The Morgan fingerprint density at radius 2 is 2.15 bits per heavy atom. The van der Waals surface area contributed by atoms with Gasteiger partial charge in [0.2, 0.25) is 17.7 Å². The van der Waals surface area contributed by atoms with Crippen LogP contribution in [-0.4, -0.2) is 68.3 Å². The number of hydrogen-bond acceptors (Lipinski definition) is 6. The molecule has 0 aromatic carbocycles. The van der Waals surface area contributed by atoms with Gasteiger partial charge in [-0.1, -0.05) is 0 Å². The number of carbonyl (C=O) groups excluding carboxylic acids is 3. The summed E-state index contributed by atoms with van der Waals surface area (Å²) in [7, 11) is 0. The van der Waals surface area contributed by atoms with Gasteiger partial charge in [-0.3, -0.25) is 14.4 Å². The molecule has 27 heavy (non-hydrogen) atoms. The Balaban J connectivity index is 2.06. The Kier molecular flexibility index (Phi) is 6.88. The van der Waals surface area contributed by atoms with E-state index in [1.54, 1.807) is 0 Å². The van der Waals surface area contributed by atoms with Crippen molar-refractivity contribution in [1.29, 1.82) is 0 Å². The van der Waals surface area contributed by atoms with Crippen LogP contribution >= 0.6 is 0 Å². The highest BCUT2D eigenvalue weighted by atomic mass is 16.4. The molecule has 7 N–H and O–H groups in total. The molecule has 1 aromatic rings. The van der Waals surface area contributed by atoms with Crippen molar-refractivity contribution in [1.82, 2.24) is 20.2 Å². The number of carbonyl (C=O) groups is 4. The van der Waals surface area contributed by atoms with Crippen LogP contribution in [0.5, 0.6) is 0 Å². The second-order valence-corrected chi connectivity index (χ2v) is 6.48. The summed E-state index contributed by atoms with van der Waals surface area (Å²) < 4.78 is 0. The maximum absolute atomic E-state index is 12.8. The molecule has 0 radical (unpaired) electrons. The first-order valence-corrected chi connectivity index (χ1v) is 8.64. The molecule has 1 aliphatic rings. The number of aliphatic carboxylic acids is 1. The van der Waals surface area contributed by atoms with Crippen LogP contribution in [0.3, 0.4) is 0 Å². The standard InChI is InChI=1S/C16H24N6O5/c17-10(6-9-7-19-8-20-9)14(24)21-11(3-4-13(18)23)15(25)22-5-1-2-12(22)16(26)27/h7-8,10-12H,1-6,17H2,(H2,18,23)(H,19,20)(H,21,24)(H,26,27). The van der Waals surface area contributed by atoms with Crippen molar-refractivity contribution in [3.63, 3.8) is 0 Å². The number of aromatic amines is 1. The molecule has 0 saturated carbocycles. The number of carboxylic acids is 1. The van der Waals surface area contributed by atoms with Gasteiger partial charge in [-0.2, -0.15) is 0 Å². The number of aromatic nitrogens is 2. The van der Waals surface area contributed by atoms with Crippen LogP contribution in [0.2, 0.25) is 0 Å². The minimum absolute atomic E-state index is 0.0283. The van der Waals surface area contributed by atoms with Gasteiger partial charge < -0.3 is 31.8 Å². The van der Waals surface area contributed by atoms with Crippen LogP contribution < -0.4 is 16.8 Å². The Bertz CT molecular complexity index is 691. The number of carboxylic acid groups (broad SMARTS) is 1. The van der Waals surface area contributed by atoms with Gasteiger partial charge in [0.15, 0.2) is 0 Å². The average Bonchev–Trinajstić information content (AvgIpc) is 3.28. The minimum atomic E-state index is -1.10. The van der Waals surface area contributed by atoms with Crippen LogP contribution in [-0.2, 0) is 25.6 Å². The zero-order chi connectivity index (χ0) is 20.0. The van der Waals surface area contributed by atoms with E-state index in [0.717, 1.165) is 0 Å². The zero-order valence-corrected chi connectivity index (χ0v) is 14.8. The Labute approximate surface area is 155 Å². The van der Waals surface area contributed by atoms with Crippen LogP contribution in [0.4, 0.5) is 0 Å². The van der Waals surface area contributed by atoms with Crippen LogP contribution in [0.25, 0.3) is 0 Å². The Morgan fingerprint density at radius 1 is 1.41 bits per heavy atom. The fraction of sp³-hybridized carbons (Fsp3) is 0.562. The maximum atomic E-state index is 12.8. The van der Waals surface area contributed by atoms with Gasteiger partial charge >= 0.3 is 5.97 Å². The number of imidazole rings is 1. The van der Waals surface area contributed by atoms with E-state index in [9.17, 15) is 24.3 Å². The number of nitrogens with two attached hydrogens (primary N) is 2. The first kappa shape index (κ1) is 20.4. The van der Waals surface area contributed by atoms with Gasteiger partial charge in [-0.25, -0.2) is 9.78 Å². The summed E-state index contributed by atoms with van der Waals surface area (Å²) in [6.45, 7) is 0.277. The van der Waals surface area contributed by atoms with Gasteiger partial charge in [0, 0.05) is 31.3 Å². The summed E-state index contributed by atoms with van der Waals surface area (Å²) >= 11 is 0. The van der Waals surface area contributed by atoms with E-state index in [4.69, 9.17) is 11.5 Å². The fourth-order valence-electron chi connectivity index (χ4n) is 3.04. The molecule has 2 rings (SSSR count). The number of primary amides is 1. The molecule has 3 atom stereocenters. The van der Waals surface area contributed by atoms with E-state index in [1.807, 2.05) is 0 Å². The topological polar surface area (TPSA) is 184 Å². The lowest BCUT2D eigenvalue weighted by molar-refractivity contribution is -0.149. The number of nitrogens with one attached hydrogen (secondary N) is 2. The summed E-state index contributed by atoms with van der Waals surface area (Å²) in [5, 5.41) is 11.8. The van der Waals surface area contributed by atoms with Crippen molar-refractivity contribution in [2.45, 2.75) is 50.2 Å². The molecule has 1 aliphatic heterocycles. The smallest absolute Gasteiger partial charge is 0.326 e. The molecule has 1 fully saturated rings. The summed E-state index contributed by atoms with van der Waals surface area (Å²) in [6.07, 6.45) is 3.92. The molecular formula is C16H24N6O5. The Hall–Kier alpha value is -2.95. The number of H-pyrrole nitrogens is 1. The van der Waals surface area contributed by atoms with Crippen molar-refractivity contribution >= 4 is 23.7 Å². The van der Waals surface area contributed by atoms with Crippen molar-refractivity contribution in [3.8, 4) is 0 Å². The molecule has 0 aliphatic carbocycles. The fourth-order valence-corrected chi connectivity index (χ4v) is 3.04. The van der Waals surface area contributed by atoms with E-state index in [2.05, 4.69) is 15.3 Å². The second kappa shape index (κ2) is 9.12. The molecule has 11 nitrogen and oxygen atoms in total. The molecule has 1 saturated heterocycles. The van der Waals surface area contributed by atoms with E-state index >= 15 is 0 Å². The zero-order valence-electron chi connectivity index (χ0n) is 14.8.